The molecule has 4 amide bonds. The predicted molar refractivity (Wildman–Crippen MR) is 146 cm³/mol. The van der Waals surface area contributed by atoms with Crippen LogP contribution in [-0.2, 0) is 0 Å². The summed E-state index contributed by atoms with van der Waals surface area (Å²) in [7, 11) is 0. The van der Waals surface area contributed by atoms with Gasteiger partial charge in [-0.1, -0.05) is 48.5 Å². The molecule has 0 radical (unpaired) electrons. The lowest BCUT2D eigenvalue weighted by Crippen LogP contribution is -2.16. The van der Waals surface area contributed by atoms with Crippen LogP contribution in [-0.4, -0.2) is 23.6 Å². The van der Waals surface area contributed by atoms with Crippen molar-refractivity contribution >= 4 is 45.2 Å². The number of hydrogen-bond donors (Lipinski definition) is 4. The third-order valence-corrected chi connectivity index (χ3v) is 6.51. The third-order valence-electron chi connectivity index (χ3n) is 6.51. The minimum atomic E-state index is -0.693. The van der Waals surface area contributed by atoms with E-state index in [1.54, 1.807) is 24.3 Å². The van der Waals surface area contributed by atoms with Gasteiger partial charge >= 0.3 is 0 Å². The monoisotopic (exact) mass is 502 g/mol. The van der Waals surface area contributed by atoms with Crippen molar-refractivity contribution in [1.82, 2.24) is 0 Å². The number of nitrogens with two attached hydrogens (primary N) is 4. The van der Waals surface area contributed by atoms with Crippen LogP contribution in [0.15, 0.2) is 84.9 Å². The fourth-order valence-electron chi connectivity index (χ4n) is 4.86. The van der Waals surface area contributed by atoms with Gasteiger partial charge in [0.05, 0.1) is 0 Å². The van der Waals surface area contributed by atoms with Crippen molar-refractivity contribution in [2.75, 3.05) is 0 Å². The summed E-state index contributed by atoms with van der Waals surface area (Å²) in [4.78, 5) is 48.4. The van der Waals surface area contributed by atoms with Crippen molar-refractivity contribution in [2.45, 2.75) is 0 Å². The number of primary amides is 4. The van der Waals surface area contributed by atoms with Gasteiger partial charge in [0.1, 0.15) is 0 Å². The van der Waals surface area contributed by atoms with Gasteiger partial charge in [-0.15, -0.1) is 0 Å². The molecule has 0 saturated carbocycles. The zero-order valence-corrected chi connectivity index (χ0v) is 20.0. The Labute approximate surface area is 216 Å². The second-order valence-corrected chi connectivity index (χ2v) is 8.90. The summed E-state index contributed by atoms with van der Waals surface area (Å²) in [5, 5.41) is 3.18. The first kappa shape index (κ1) is 24.2. The molecule has 5 aromatic rings. The Bertz CT molecular complexity index is 1590. The topological polar surface area (TPSA) is 172 Å². The van der Waals surface area contributed by atoms with Crippen LogP contribution in [0.4, 0.5) is 0 Å². The molecule has 0 fully saturated rings. The largest absolute Gasteiger partial charge is 0.366 e. The Balaban J connectivity index is 1.96. The SMILES string of the molecule is NC(=O)c1cc(C(N)=O)cc(-c2c3ccccc3c(-c3cc(C(N)=O)cc(C(N)=O)c3)c3ccccc23)c1. The zero-order valence-electron chi connectivity index (χ0n) is 20.0. The maximum absolute atomic E-state index is 12.1. The van der Waals surface area contributed by atoms with Crippen LogP contribution in [0.2, 0.25) is 0 Å². The number of carbonyl (C=O) groups excluding carboxylic acids is 4. The predicted octanol–water partition coefficient (Wildman–Crippen LogP) is 3.72. The Morgan fingerprint density at radius 1 is 0.395 bits per heavy atom. The molecule has 0 spiro atoms. The molecular weight excluding hydrogens is 480 g/mol. The fourth-order valence-corrected chi connectivity index (χ4v) is 4.86. The molecule has 8 heteroatoms. The highest BCUT2D eigenvalue weighted by Crippen LogP contribution is 2.44. The molecule has 0 bridgehead atoms. The van der Waals surface area contributed by atoms with Gasteiger partial charge in [0.25, 0.3) is 0 Å². The number of benzene rings is 5. The van der Waals surface area contributed by atoms with Gasteiger partial charge in [-0.05, 0) is 80.2 Å². The first-order valence-electron chi connectivity index (χ1n) is 11.6. The Hall–Kier alpha value is -5.50. The molecule has 38 heavy (non-hydrogen) atoms. The lowest BCUT2D eigenvalue weighted by Gasteiger charge is -2.19. The van der Waals surface area contributed by atoms with E-state index < -0.39 is 23.6 Å². The average molecular weight is 503 g/mol. The molecular formula is C30H22N4O4. The molecule has 0 aliphatic carbocycles. The highest BCUT2D eigenvalue weighted by molar-refractivity contribution is 6.22. The number of rotatable bonds is 6. The van der Waals surface area contributed by atoms with Gasteiger partial charge < -0.3 is 22.9 Å². The Kier molecular flexibility index (Phi) is 5.85. The maximum atomic E-state index is 12.1. The van der Waals surface area contributed by atoms with E-state index in [9.17, 15) is 19.2 Å². The van der Waals surface area contributed by atoms with Gasteiger partial charge in [-0.2, -0.15) is 0 Å². The summed E-state index contributed by atoms with van der Waals surface area (Å²) >= 11 is 0. The van der Waals surface area contributed by atoms with Crippen molar-refractivity contribution in [3.8, 4) is 22.3 Å². The van der Waals surface area contributed by atoms with E-state index in [-0.39, 0.29) is 22.3 Å². The highest BCUT2D eigenvalue weighted by Gasteiger charge is 2.20. The molecule has 8 N–H and O–H groups in total. The fraction of sp³-hybridized carbons (Fsp3) is 0. The van der Waals surface area contributed by atoms with Crippen molar-refractivity contribution < 1.29 is 19.2 Å². The second-order valence-electron chi connectivity index (χ2n) is 8.90. The average Bonchev–Trinajstić information content (AvgIpc) is 2.90. The lowest BCUT2D eigenvalue weighted by molar-refractivity contribution is 0.0985. The highest BCUT2D eigenvalue weighted by atomic mass is 16.2. The summed E-state index contributed by atoms with van der Waals surface area (Å²) in [5.74, 6) is -2.77. The van der Waals surface area contributed by atoms with E-state index in [0.29, 0.717) is 11.1 Å². The molecule has 5 aromatic carbocycles. The Morgan fingerprint density at radius 2 is 0.632 bits per heavy atom. The molecule has 0 aromatic heterocycles. The van der Waals surface area contributed by atoms with Crippen molar-refractivity contribution in [2.24, 2.45) is 22.9 Å². The van der Waals surface area contributed by atoms with Crippen LogP contribution in [0.5, 0.6) is 0 Å². The van der Waals surface area contributed by atoms with E-state index in [4.69, 9.17) is 22.9 Å². The van der Waals surface area contributed by atoms with Crippen LogP contribution in [0.25, 0.3) is 43.8 Å². The minimum Gasteiger partial charge on any atom is -0.366 e. The van der Waals surface area contributed by atoms with E-state index in [1.807, 2.05) is 48.5 Å². The minimum absolute atomic E-state index is 0.147. The number of amides is 4. The number of fused-ring (bicyclic) bond motifs is 2. The smallest absolute Gasteiger partial charge is 0.248 e. The molecule has 0 aliphatic rings. The summed E-state index contributed by atoms with van der Waals surface area (Å²) in [6, 6.07) is 24.4. The molecule has 5 rings (SSSR count). The lowest BCUT2D eigenvalue weighted by atomic mass is 9.84. The standard InChI is InChI=1S/C30H22N4O4/c31-27(35)17-9-15(10-18(13-17)28(32)36)25-21-5-1-2-6-22(21)26(24-8-4-3-7-23(24)25)16-11-19(29(33)37)14-20(12-16)30(34)38/h1-14H,(H2,31,35)(H2,32,36)(H2,33,37)(H2,34,38). The van der Waals surface area contributed by atoms with Gasteiger partial charge in [0.2, 0.25) is 23.6 Å². The second kappa shape index (κ2) is 9.18. The molecule has 8 nitrogen and oxygen atoms in total. The van der Waals surface area contributed by atoms with E-state index in [1.165, 1.54) is 12.1 Å². The van der Waals surface area contributed by atoms with E-state index in [2.05, 4.69) is 0 Å². The Morgan fingerprint density at radius 3 is 0.842 bits per heavy atom. The van der Waals surface area contributed by atoms with Gasteiger partial charge in [0, 0.05) is 22.3 Å². The maximum Gasteiger partial charge on any atom is 0.248 e. The molecule has 0 unspecified atom stereocenters. The molecule has 0 saturated heterocycles. The van der Waals surface area contributed by atoms with Crippen LogP contribution < -0.4 is 22.9 Å². The van der Waals surface area contributed by atoms with E-state index in [0.717, 1.165) is 32.7 Å². The third kappa shape index (κ3) is 4.10. The van der Waals surface area contributed by atoms with Gasteiger partial charge in [-0.25, -0.2) is 0 Å². The van der Waals surface area contributed by atoms with Gasteiger partial charge in [-0.3, -0.25) is 19.2 Å². The molecule has 0 aliphatic heterocycles. The molecule has 0 atom stereocenters. The van der Waals surface area contributed by atoms with Crippen molar-refractivity contribution in [3.05, 3.63) is 107 Å². The normalized spacial score (nSPS) is 10.9. The molecule has 186 valence electrons. The summed E-state index contributed by atoms with van der Waals surface area (Å²) in [5.41, 5.74) is 25.5. The zero-order chi connectivity index (χ0) is 27.1. The summed E-state index contributed by atoms with van der Waals surface area (Å²) < 4.78 is 0. The van der Waals surface area contributed by atoms with Crippen LogP contribution in [0.1, 0.15) is 41.4 Å². The number of hydrogen-bond acceptors (Lipinski definition) is 4. The quantitative estimate of drug-likeness (QED) is 0.259. The van der Waals surface area contributed by atoms with Crippen LogP contribution >= 0.6 is 0 Å². The first-order valence-corrected chi connectivity index (χ1v) is 11.6. The van der Waals surface area contributed by atoms with Gasteiger partial charge in [0.15, 0.2) is 0 Å². The number of carbonyl (C=O) groups is 4. The van der Waals surface area contributed by atoms with E-state index >= 15 is 0 Å². The first-order chi connectivity index (χ1) is 18.2. The molecule has 0 heterocycles. The van der Waals surface area contributed by atoms with Crippen LogP contribution in [0, 0.1) is 0 Å². The summed E-state index contributed by atoms with van der Waals surface area (Å²) in [6.07, 6.45) is 0. The summed E-state index contributed by atoms with van der Waals surface area (Å²) in [6.45, 7) is 0. The van der Waals surface area contributed by atoms with Crippen molar-refractivity contribution in [3.63, 3.8) is 0 Å². The van der Waals surface area contributed by atoms with Crippen LogP contribution in [0.3, 0.4) is 0 Å². The van der Waals surface area contributed by atoms with Crippen molar-refractivity contribution in [1.29, 1.82) is 0 Å².